The fourth-order valence-corrected chi connectivity index (χ4v) is 3.02. The Hall–Kier alpha value is -2.47. The summed E-state index contributed by atoms with van der Waals surface area (Å²) in [5, 5.41) is 16.8. The van der Waals surface area contributed by atoms with Gasteiger partial charge in [-0.15, -0.1) is 11.3 Å². The zero-order valence-electron chi connectivity index (χ0n) is 14.6. The number of likely N-dealkylation sites (N-methyl/N-ethyl adjacent to an activating group) is 1. The topological polar surface area (TPSA) is 109 Å². The molecule has 2 rings (SSSR count). The fraction of sp³-hybridized carbons (Fsp3) is 0.467. The van der Waals surface area contributed by atoms with Crippen molar-refractivity contribution < 1.29 is 32.4 Å². The fourth-order valence-electron chi connectivity index (χ4n) is 2.11. The summed E-state index contributed by atoms with van der Waals surface area (Å²) in [6, 6.07) is 1.44. The molecule has 0 aliphatic rings. The molecular weight excluding hydrogens is 389 g/mol. The molecule has 0 aliphatic heterocycles. The van der Waals surface area contributed by atoms with Gasteiger partial charge in [0.25, 0.3) is 0 Å². The summed E-state index contributed by atoms with van der Waals surface area (Å²) in [7, 11) is 1.15. The number of carbonyl (C=O) groups excluding carboxylic acids is 2. The van der Waals surface area contributed by atoms with Gasteiger partial charge >= 0.3 is 6.18 Å². The predicted molar refractivity (Wildman–Crippen MR) is 88.9 cm³/mol. The number of thiazole rings is 1. The predicted octanol–water partition coefficient (Wildman–Crippen LogP) is 1.99. The number of aryl methyl sites for hydroxylation is 2. The molecule has 148 valence electrons. The van der Waals surface area contributed by atoms with Crippen molar-refractivity contribution in [3.63, 3.8) is 0 Å². The van der Waals surface area contributed by atoms with Crippen LogP contribution in [0.25, 0.3) is 0 Å². The van der Waals surface area contributed by atoms with Gasteiger partial charge in [-0.25, -0.2) is 4.98 Å². The van der Waals surface area contributed by atoms with Gasteiger partial charge in [0.2, 0.25) is 17.4 Å². The standard InChI is InChI=1S/C15H17F3N4O4S/c1-8-7-27-13(19-8)14(25,15(16,17)18)5-12(24)22(3)6-11(23)20-10-4-9(2)26-21-10/h4,7,25H,5-6H2,1-3H3,(H,20,21,23). The molecule has 8 nitrogen and oxygen atoms in total. The van der Waals surface area contributed by atoms with Crippen LogP contribution in [0.2, 0.25) is 0 Å². The number of nitrogens with zero attached hydrogens (tertiary/aromatic N) is 3. The third kappa shape index (κ3) is 4.83. The third-order valence-corrected chi connectivity index (χ3v) is 4.66. The van der Waals surface area contributed by atoms with Crippen LogP contribution in [0.1, 0.15) is 22.9 Å². The number of hydrogen-bond donors (Lipinski definition) is 2. The molecule has 0 fully saturated rings. The van der Waals surface area contributed by atoms with Crippen LogP contribution in [0.4, 0.5) is 19.0 Å². The number of alkyl halides is 3. The van der Waals surface area contributed by atoms with Crippen molar-refractivity contribution in [1.82, 2.24) is 15.0 Å². The molecule has 27 heavy (non-hydrogen) atoms. The van der Waals surface area contributed by atoms with E-state index >= 15 is 0 Å². The molecule has 2 aromatic heterocycles. The molecule has 1 unspecified atom stereocenters. The Morgan fingerprint density at radius 3 is 2.52 bits per heavy atom. The van der Waals surface area contributed by atoms with E-state index in [0.29, 0.717) is 22.8 Å². The van der Waals surface area contributed by atoms with E-state index in [9.17, 15) is 27.9 Å². The summed E-state index contributed by atoms with van der Waals surface area (Å²) < 4.78 is 45.0. The zero-order chi connectivity index (χ0) is 20.4. The number of aromatic nitrogens is 2. The second kappa shape index (κ2) is 7.64. The smallest absolute Gasteiger partial charge is 0.374 e. The molecule has 0 saturated carbocycles. The van der Waals surface area contributed by atoms with Gasteiger partial charge < -0.3 is 19.8 Å². The number of nitrogens with one attached hydrogen (secondary N) is 1. The first-order chi connectivity index (χ1) is 12.4. The third-order valence-electron chi connectivity index (χ3n) is 3.55. The summed E-state index contributed by atoms with van der Waals surface area (Å²) >= 11 is 0.605. The van der Waals surface area contributed by atoms with Gasteiger partial charge in [0.1, 0.15) is 10.8 Å². The number of aliphatic hydroxyl groups is 1. The zero-order valence-corrected chi connectivity index (χ0v) is 15.4. The van der Waals surface area contributed by atoms with E-state index < -0.39 is 41.6 Å². The minimum absolute atomic E-state index is 0.114. The van der Waals surface area contributed by atoms with Crippen LogP contribution in [0.3, 0.4) is 0 Å². The van der Waals surface area contributed by atoms with E-state index in [4.69, 9.17) is 4.52 Å². The van der Waals surface area contributed by atoms with Gasteiger partial charge in [-0.2, -0.15) is 13.2 Å². The number of carbonyl (C=O) groups is 2. The summed E-state index contributed by atoms with van der Waals surface area (Å²) in [5.74, 6) is -1.19. The van der Waals surface area contributed by atoms with E-state index in [1.54, 1.807) is 6.92 Å². The van der Waals surface area contributed by atoms with Gasteiger partial charge in [0.05, 0.1) is 13.0 Å². The van der Waals surface area contributed by atoms with Crippen LogP contribution in [-0.4, -0.2) is 51.7 Å². The van der Waals surface area contributed by atoms with Crippen molar-refractivity contribution in [3.05, 3.63) is 27.9 Å². The van der Waals surface area contributed by atoms with E-state index in [1.165, 1.54) is 18.4 Å². The minimum atomic E-state index is -5.12. The maximum Gasteiger partial charge on any atom is 0.424 e. The molecule has 0 aromatic carbocycles. The Labute approximate surface area is 156 Å². The highest BCUT2D eigenvalue weighted by Crippen LogP contribution is 2.43. The molecule has 0 bridgehead atoms. The van der Waals surface area contributed by atoms with Gasteiger partial charge in [-0.3, -0.25) is 9.59 Å². The van der Waals surface area contributed by atoms with Gasteiger partial charge in [0.15, 0.2) is 5.82 Å². The minimum Gasteiger partial charge on any atom is -0.374 e. The molecule has 12 heteroatoms. The summed E-state index contributed by atoms with van der Waals surface area (Å²) in [4.78, 5) is 28.5. The van der Waals surface area contributed by atoms with Crippen LogP contribution in [0.5, 0.6) is 0 Å². The van der Waals surface area contributed by atoms with Crippen LogP contribution < -0.4 is 5.32 Å². The van der Waals surface area contributed by atoms with E-state index in [1.807, 2.05) is 0 Å². The van der Waals surface area contributed by atoms with E-state index in [0.717, 1.165) is 11.9 Å². The molecule has 2 heterocycles. The monoisotopic (exact) mass is 406 g/mol. The van der Waals surface area contributed by atoms with Gasteiger partial charge in [-0.05, 0) is 13.8 Å². The molecule has 0 radical (unpaired) electrons. The molecule has 0 aliphatic carbocycles. The maximum atomic E-state index is 13.4. The van der Waals surface area contributed by atoms with Gasteiger partial charge in [0, 0.05) is 24.2 Å². The van der Waals surface area contributed by atoms with Crippen LogP contribution in [0, 0.1) is 13.8 Å². The molecule has 2 aromatic rings. The number of amides is 2. The molecular formula is C15H17F3N4O4S. The summed E-state index contributed by atoms with van der Waals surface area (Å²) in [5.41, 5.74) is -3.14. The van der Waals surface area contributed by atoms with E-state index in [-0.39, 0.29) is 5.82 Å². The first-order valence-corrected chi connectivity index (χ1v) is 8.49. The summed E-state index contributed by atoms with van der Waals surface area (Å²) in [6.45, 7) is 2.55. The highest BCUT2D eigenvalue weighted by molar-refractivity contribution is 7.09. The number of anilines is 1. The Bertz CT molecular complexity index is 835. The van der Waals surface area contributed by atoms with Crippen molar-refractivity contribution in [3.8, 4) is 0 Å². The van der Waals surface area contributed by atoms with Crippen molar-refractivity contribution in [2.45, 2.75) is 32.0 Å². The Morgan fingerprint density at radius 2 is 2.04 bits per heavy atom. The van der Waals surface area contributed by atoms with Crippen molar-refractivity contribution in [1.29, 1.82) is 0 Å². The number of halogens is 3. The van der Waals surface area contributed by atoms with Crippen molar-refractivity contribution in [2.24, 2.45) is 0 Å². The normalized spacial score (nSPS) is 13.9. The van der Waals surface area contributed by atoms with Crippen LogP contribution in [0.15, 0.2) is 16.0 Å². The lowest BCUT2D eigenvalue weighted by molar-refractivity contribution is -0.268. The van der Waals surface area contributed by atoms with Crippen LogP contribution in [-0.2, 0) is 15.2 Å². The molecule has 0 saturated heterocycles. The SMILES string of the molecule is Cc1csc(C(O)(CC(=O)N(C)CC(=O)Nc2cc(C)on2)C(F)(F)F)n1. The molecule has 1 atom stereocenters. The molecule has 2 amide bonds. The highest BCUT2D eigenvalue weighted by Gasteiger charge is 2.58. The first-order valence-electron chi connectivity index (χ1n) is 7.61. The average Bonchev–Trinajstić information content (AvgIpc) is 3.14. The first kappa shape index (κ1) is 20.8. The lowest BCUT2D eigenvalue weighted by Gasteiger charge is -2.29. The Kier molecular flexibility index (Phi) is 5.90. The highest BCUT2D eigenvalue weighted by atomic mass is 32.1. The lowest BCUT2D eigenvalue weighted by atomic mass is 9.99. The second-order valence-corrected chi connectivity index (χ2v) is 6.81. The van der Waals surface area contributed by atoms with E-state index in [2.05, 4.69) is 15.5 Å². The van der Waals surface area contributed by atoms with Gasteiger partial charge in [-0.1, -0.05) is 5.16 Å². The maximum absolute atomic E-state index is 13.4. The molecule has 0 spiro atoms. The quantitative estimate of drug-likeness (QED) is 0.760. The lowest BCUT2D eigenvalue weighted by Crippen LogP contribution is -2.47. The largest absolute Gasteiger partial charge is 0.424 e. The summed E-state index contributed by atoms with van der Waals surface area (Å²) in [6.07, 6.45) is -6.41. The van der Waals surface area contributed by atoms with Crippen LogP contribution >= 0.6 is 11.3 Å². The second-order valence-electron chi connectivity index (χ2n) is 5.95. The molecule has 2 N–H and O–H groups in total. The Balaban J connectivity index is 2.07. The van der Waals surface area contributed by atoms with Crippen molar-refractivity contribution in [2.75, 3.05) is 18.9 Å². The number of hydrogen-bond acceptors (Lipinski definition) is 7. The Morgan fingerprint density at radius 1 is 1.37 bits per heavy atom. The average molecular weight is 406 g/mol. The number of rotatable bonds is 6. The van der Waals surface area contributed by atoms with Crippen molar-refractivity contribution >= 4 is 29.0 Å².